The van der Waals surface area contributed by atoms with Gasteiger partial charge in [-0.25, -0.2) is 9.78 Å². The molecule has 0 saturated carbocycles. The molecule has 27 heavy (non-hydrogen) atoms. The number of nitrogens with one attached hydrogen (secondary N) is 1. The molecule has 142 valence electrons. The average molecular weight is 371 g/mol. The van der Waals surface area contributed by atoms with Crippen LogP contribution in [0.4, 0.5) is 5.69 Å². The van der Waals surface area contributed by atoms with E-state index in [1.807, 2.05) is 0 Å². The van der Waals surface area contributed by atoms with Crippen LogP contribution in [0.2, 0.25) is 0 Å². The Hall–Kier alpha value is -3.36. The first-order chi connectivity index (χ1) is 12.9. The zero-order valence-corrected chi connectivity index (χ0v) is 15.4. The summed E-state index contributed by atoms with van der Waals surface area (Å²) in [6.07, 6.45) is 2.34. The van der Waals surface area contributed by atoms with Gasteiger partial charge in [0, 0.05) is 32.7 Å². The lowest BCUT2D eigenvalue weighted by Crippen LogP contribution is -2.37. The minimum atomic E-state index is -0.420. The Morgan fingerprint density at radius 2 is 1.85 bits per heavy atom. The van der Waals surface area contributed by atoms with E-state index in [9.17, 15) is 14.4 Å². The van der Waals surface area contributed by atoms with Crippen LogP contribution in [0.5, 0.6) is 5.75 Å². The summed E-state index contributed by atoms with van der Waals surface area (Å²) in [6.45, 7) is 0.444. The van der Waals surface area contributed by atoms with E-state index < -0.39 is 11.2 Å². The average Bonchev–Trinajstić information content (AvgIpc) is 3.09. The van der Waals surface area contributed by atoms with Crippen LogP contribution in [0.25, 0.3) is 11.2 Å². The summed E-state index contributed by atoms with van der Waals surface area (Å²) in [5, 5.41) is 2.82. The van der Waals surface area contributed by atoms with Crippen molar-refractivity contribution in [1.82, 2.24) is 18.7 Å². The van der Waals surface area contributed by atoms with E-state index in [1.54, 1.807) is 43.0 Å². The number of amides is 1. The summed E-state index contributed by atoms with van der Waals surface area (Å²) in [5.41, 5.74) is 0.573. The standard InChI is InChI=1S/C18H21N5O4/c1-21-16-15(17(25)22(2)18(21)26)23(11-19-16)10-4-5-14(24)20-12-6-8-13(27-3)9-7-12/h6-9,11H,4-5,10H2,1-3H3,(H,20,24). The van der Waals surface area contributed by atoms with Gasteiger partial charge in [-0.2, -0.15) is 0 Å². The third-order valence-electron chi connectivity index (χ3n) is 4.39. The van der Waals surface area contributed by atoms with Gasteiger partial charge in [0.15, 0.2) is 11.2 Å². The van der Waals surface area contributed by atoms with Gasteiger partial charge in [-0.1, -0.05) is 0 Å². The topological polar surface area (TPSA) is 100 Å². The van der Waals surface area contributed by atoms with Crippen LogP contribution in [-0.2, 0) is 25.4 Å². The predicted octanol–water partition coefficient (Wildman–Crippen LogP) is 0.861. The van der Waals surface area contributed by atoms with E-state index in [-0.39, 0.29) is 12.3 Å². The highest BCUT2D eigenvalue weighted by molar-refractivity contribution is 5.90. The lowest BCUT2D eigenvalue weighted by Gasteiger charge is -2.08. The van der Waals surface area contributed by atoms with Crippen molar-refractivity contribution < 1.29 is 9.53 Å². The first kappa shape index (κ1) is 18.4. The molecule has 1 aromatic carbocycles. The molecule has 0 unspecified atom stereocenters. The molecule has 9 nitrogen and oxygen atoms in total. The van der Waals surface area contributed by atoms with Crippen molar-refractivity contribution in [3.63, 3.8) is 0 Å². The number of rotatable bonds is 6. The molecule has 0 aliphatic rings. The maximum atomic E-state index is 12.4. The highest BCUT2D eigenvalue weighted by Crippen LogP contribution is 2.15. The van der Waals surface area contributed by atoms with Gasteiger partial charge < -0.3 is 14.6 Å². The van der Waals surface area contributed by atoms with E-state index >= 15 is 0 Å². The van der Waals surface area contributed by atoms with E-state index in [0.717, 1.165) is 10.3 Å². The Bertz CT molecular complexity index is 1090. The molecular weight excluding hydrogens is 350 g/mol. The molecular formula is C18H21N5O4. The molecule has 0 fully saturated rings. The Balaban J connectivity index is 1.66. The number of carbonyl (C=O) groups is 1. The van der Waals surface area contributed by atoms with Crippen molar-refractivity contribution in [2.75, 3.05) is 12.4 Å². The third kappa shape index (κ3) is 3.62. The SMILES string of the molecule is COc1ccc(NC(=O)CCCn2cnc3c2c(=O)n(C)c(=O)n3C)cc1. The molecule has 0 aliphatic carbocycles. The molecule has 0 aliphatic heterocycles. The van der Waals surface area contributed by atoms with Crippen LogP contribution in [0.15, 0.2) is 40.2 Å². The van der Waals surface area contributed by atoms with Crippen molar-refractivity contribution in [3.05, 3.63) is 51.4 Å². The molecule has 3 rings (SSSR count). The van der Waals surface area contributed by atoms with Gasteiger partial charge in [-0.3, -0.25) is 18.7 Å². The zero-order chi connectivity index (χ0) is 19.6. The number of imidazole rings is 1. The van der Waals surface area contributed by atoms with Gasteiger partial charge in [-0.05, 0) is 30.7 Å². The third-order valence-corrected chi connectivity index (χ3v) is 4.39. The molecule has 0 saturated heterocycles. The quantitative estimate of drug-likeness (QED) is 0.693. The van der Waals surface area contributed by atoms with E-state index in [2.05, 4.69) is 10.3 Å². The fourth-order valence-corrected chi connectivity index (χ4v) is 2.87. The summed E-state index contributed by atoms with van der Waals surface area (Å²) in [5.74, 6) is 0.598. The number of carbonyl (C=O) groups excluding carboxylic acids is 1. The number of nitrogens with zero attached hydrogens (tertiary/aromatic N) is 4. The number of aryl methyl sites for hydroxylation is 2. The van der Waals surface area contributed by atoms with Crippen molar-refractivity contribution >= 4 is 22.8 Å². The number of hydrogen-bond acceptors (Lipinski definition) is 5. The number of benzene rings is 1. The fourth-order valence-electron chi connectivity index (χ4n) is 2.87. The first-order valence-electron chi connectivity index (χ1n) is 8.47. The van der Waals surface area contributed by atoms with Crippen LogP contribution in [0.3, 0.4) is 0 Å². The lowest BCUT2D eigenvalue weighted by molar-refractivity contribution is -0.116. The van der Waals surface area contributed by atoms with Crippen molar-refractivity contribution in [3.8, 4) is 5.75 Å². The Morgan fingerprint density at radius 3 is 2.52 bits per heavy atom. The van der Waals surface area contributed by atoms with Gasteiger partial charge in [-0.15, -0.1) is 0 Å². The largest absolute Gasteiger partial charge is 0.497 e. The summed E-state index contributed by atoms with van der Waals surface area (Å²) in [7, 11) is 4.59. The maximum absolute atomic E-state index is 12.4. The van der Waals surface area contributed by atoms with Crippen molar-refractivity contribution in [1.29, 1.82) is 0 Å². The van der Waals surface area contributed by atoms with Crippen molar-refractivity contribution in [2.24, 2.45) is 14.1 Å². The van der Waals surface area contributed by atoms with E-state index in [1.165, 1.54) is 17.9 Å². The number of hydrogen-bond donors (Lipinski definition) is 1. The molecule has 1 N–H and O–H groups in total. The van der Waals surface area contributed by atoms with Gasteiger partial charge in [0.2, 0.25) is 5.91 Å². The minimum Gasteiger partial charge on any atom is -0.497 e. The Labute approximate surface area is 154 Å². The second-order valence-corrected chi connectivity index (χ2v) is 6.20. The van der Waals surface area contributed by atoms with Crippen LogP contribution in [0.1, 0.15) is 12.8 Å². The van der Waals surface area contributed by atoms with Crippen LogP contribution >= 0.6 is 0 Å². The zero-order valence-electron chi connectivity index (χ0n) is 15.4. The number of aromatic nitrogens is 4. The lowest BCUT2D eigenvalue weighted by atomic mass is 10.2. The minimum absolute atomic E-state index is 0.120. The predicted molar refractivity (Wildman–Crippen MR) is 101 cm³/mol. The van der Waals surface area contributed by atoms with Gasteiger partial charge in [0.05, 0.1) is 13.4 Å². The Kier molecular flexibility index (Phi) is 5.11. The maximum Gasteiger partial charge on any atom is 0.332 e. The summed E-state index contributed by atoms with van der Waals surface area (Å²) in [6, 6.07) is 7.08. The Morgan fingerprint density at radius 1 is 1.15 bits per heavy atom. The molecule has 0 atom stereocenters. The molecule has 0 radical (unpaired) electrons. The van der Waals surface area contributed by atoms with E-state index in [0.29, 0.717) is 29.8 Å². The summed E-state index contributed by atoms with van der Waals surface area (Å²) < 4.78 is 9.15. The molecule has 1 amide bonds. The smallest absolute Gasteiger partial charge is 0.332 e. The molecule has 3 aromatic rings. The molecule has 0 spiro atoms. The van der Waals surface area contributed by atoms with Crippen LogP contribution in [0, 0.1) is 0 Å². The van der Waals surface area contributed by atoms with Crippen LogP contribution in [-0.4, -0.2) is 31.7 Å². The molecule has 0 bridgehead atoms. The van der Waals surface area contributed by atoms with E-state index in [4.69, 9.17) is 4.74 Å². The highest BCUT2D eigenvalue weighted by atomic mass is 16.5. The summed E-state index contributed by atoms with van der Waals surface area (Å²) in [4.78, 5) is 40.6. The van der Waals surface area contributed by atoms with Gasteiger partial charge in [0.25, 0.3) is 5.56 Å². The number of anilines is 1. The summed E-state index contributed by atoms with van der Waals surface area (Å²) >= 11 is 0. The van der Waals surface area contributed by atoms with Crippen LogP contribution < -0.4 is 21.3 Å². The molecule has 9 heteroatoms. The van der Waals surface area contributed by atoms with Gasteiger partial charge in [0.1, 0.15) is 5.75 Å². The normalized spacial score (nSPS) is 10.9. The highest BCUT2D eigenvalue weighted by Gasteiger charge is 2.14. The molecule has 2 aromatic heterocycles. The first-order valence-corrected chi connectivity index (χ1v) is 8.47. The van der Waals surface area contributed by atoms with Crippen molar-refractivity contribution in [2.45, 2.75) is 19.4 Å². The monoisotopic (exact) mass is 371 g/mol. The molecule has 2 heterocycles. The van der Waals surface area contributed by atoms with Gasteiger partial charge >= 0.3 is 5.69 Å². The second kappa shape index (κ2) is 7.48. The number of methoxy groups -OCH3 is 1. The fraction of sp³-hybridized carbons (Fsp3) is 0.333. The second-order valence-electron chi connectivity index (χ2n) is 6.20. The number of ether oxygens (including phenoxy) is 1. The number of fused-ring (bicyclic) bond motifs is 1.